The van der Waals surface area contributed by atoms with Crippen LogP contribution in [-0.2, 0) is 28.7 Å². The Hall–Kier alpha value is -3.46. The number of rotatable bonds is 9. The molecule has 31 heavy (non-hydrogen) atoms. The van der Waals surface area contributed by atoms with Gasteiger partial charge in [-0.15, -0.1) is 11.3 Å². The zero-order valence-corrected chi connectivity index (χ0v) is 18.0. The maximum Gasteiger partial charge on any atom is 0.368 e. The zero-order valence-electron chi connectivity index (χ0n) is 17.2. The Morgan fingerprint density at radius 2 is 1.68 bits per heavy atom. The number of oxime groups is 1. The molecule has 0 amide bonds. The maximum atomic E-state index is 12.2. The molecular weight excluding hydrogens is 420 g/mol. The zero-order chi connectivity index (χ0) is 22.2. The third-order valence-corrected chi connectivity index (χ3v) is 5.30. The molecule has 2 heterocycles. The van der Waals surface area contributed by atoms with Crippen molar-refractivity contribution in [2.45, 2.75) is 13.8 Å². The number of thiophene rings is 1. The highest BCUT2D eigenvalue weighted by Gasteiger charge is 2.27. The molecule has 0 aliphatic carbocycles. The van der Waals surface area contributed by atoms with Gasteiger partial charge in [0.25, 0.3) is 0 Å². The van der Waals surface area contributed by atoms with Gasteiger partial charge in [-0.1, -0.05) is 35.5 Å². The second-order valence-corrected chi connectivity index (χ2v) is 7.48. The predicted octanol–water partition coefficient (Wildman–Crippen LogP) is 3.03. The Bertz CT molecular complexity index is 992. The molecule has 8 nitrogen and oxygen atoms in total. The first kappa shape index (κ1) is 22.2. The van der Waals surface area contributed by atoms with Crippen LogP contribution in [0.1, 0.15) is 24.3 Å². The summed E-state index contributed by atoms with van der Waals surface area (Å²) in [5, 5.41) is 4.56. The molecule has 1 aliphatic rings. The van der Waals surface area contributed by atoms with Crippen molar-refractivity contribution in [3.8, 4) is 0 Å². The predicted molar refractivity (Wildman–Crippen MR) is 117 cm³/mol. The van der Waals surface area contributed by atoms with Crippen LogP contribution in [0.25, 0.3) is 6.08 Å². The number of esters is 2. The molecule has 1 aromatic heterocycles. The van der Waals surface area contributed by atoms with E-state index >= 15 is 0 Å². The molecule has 0 saturated carbocycles. The van der Waals surface area contributed by atoms with E-state index in [2.05, 4.69) is 5.16 Å². The van der Waals surface area contributed by atoms with Gasteiger partial charge in [-0.05, 0) is 32.1 Å². The molecule has 0 fully saturated rings. The molecule has 0 bridgehead atoms. The summed E-state index contributed by atoms with van der Waals surface area (Å²) in [6, 6.07) is 12.8. The standard InChI is InChI=1S/C22H22N2O6S/c1-3-28-19(25)13-24(14-20(26)29-4-2)18-11-10-16(31-18)12-17-21(23-30-22(17)27)15-8-6-5-7-9-15/h5-12H,3-4,13-14H2,1-2H3/b17-12-. The van der Waals surface area contributed by atoms with Crippen molar-refractivity contribution < 1.29 is 28.7 Å². The van der Waals surface area contributed by atoms with Crippen molar-refractivity contribution in [1.82, 2.24) is 0 Å². The third kappa shape index (κ3) is 5.79. The molecule has 3 rings (SSSR count). The molecule has 2 aromatic rings. The monoisotopic (exact) mass is 442 g/mol. The molecule has 0 N–H and O–H groups in total. The summed E-state index contributed by atoms with van der Waals surface area (Å²) in [4.78, 5) is 43.4. The molecule has 0 atom stereocenters. The SMILES string of the molecule is CCOC(=O)CN(CC(=O)OCC)c1ccc(/C=C2\C(=O)ON=C2c2ccccc2)s1. The molecule has 0 radical (unpaired) electrons. The number of carbonyl (C=O) groups excluding carboxylic acids is 3. The first-order chi connectivity index (χ1) is 15.0. The summed E-state index contributed by atoms with van der Waals surface area (Å²) in [7, 11) is 0. The topological polar surface area (TPSA) is 94.5 Å². The van der Waals surface area contributed by atoms with Crippen LogP contribution in [0.2, 0.25) is 0 Å². The van der Waals surface area contributed by atoms with Crippen molar-refractivity contribution >= 4 is 46.0 Å². The largest absolute Gasteiger partial charge is 0.465 e. The van der Waals surface area contributed by atoms with E-state index in [4.69, 9.17) is 14.3 Å². The number of benzene rings is 1. The number of carbonyl (C=O) groups is 3. The summed E-state index contributed by atoms with van der Waals surface area (Å²) in [6.07, 6.45) is 1.68. The Kier molecular flexibility index (Phi) is 7.55. The van der Waals surface area contributed by atoms with Crippen molar-refractivity contribution in [2.75, 3.05) is 31.2 Å². The van der Waals surface area contributed by atoms with Crippen molar-refractivity contribution in [2.24, 2.45) is 5.16 Å². The number of hydrogen-bond donors (Lipinski definition) is 0. The lowest BCUT2D eigenvalue weighted by Gasteiger charge is -2.20. The van der Waals surface area contributed by atoms with E-state index in [9.17, 15) is 14.4 Å². The minimum atomic E-state index is -0.538. The fourth-order valence-corrected chi connectivity index (χ4v) is 3.83. The van der Waals surface area contributed by atoms with Gasteiger partial charge in [-0.25, -0.2) is 4.79 Å². The van der Waals surface area contributed by atoms with Crippen LogP contribution in [0.3, 0.4) is 0 Å². The van der Waals surface area contributed by atoms with E-state index in [0.717, 1.165) is 10.4 Å². The van der Waals surface area contributed by atoms with Gasteiger partial charge in [0.2, 0.25) is 0 Å². The van der Waals surface area contributed by atoms with Gasteiger partial charge >= 0.3 is 17.9 Å². The Balaban J connectivity index is 1.84. The van der Waals surface area contributed by atoms with E-state index in [1.807, 2.05) is 30.3 Å². The first-order valence-corrected chi connectivity index (χ1v) is 10.6. The molecule has 0 saturated heterocycles. The van der Waals surface area contributed by atoms with Crippen LogP contribution in [0, 0.1) is 0 Å². The highest BCUT2D eigenvalue weighted by Crippen LogP contribution is 2.30. The van der Waals surface area contributed by atoms with E-state index in [1.165, 1.54) is 11.3 Å². The van der Waals surface area contributed by atoms with Crippen molar-refractivity contribution in [3.05, 3.63) is 58.5 Å². The van der Waals surface area contributed by atoms with Crippen LogP contribution >= 0.6 is 11.3 Å². The second kappa shape index (κ2) is 10.5. The molecule has 1 aliphatic heterocycles. The molecule has 0 unspecified atom stereocenters. The van der Waals surface area contributed by atoms with Gasteiger partial charge in [-0.3, -0.25) is 9.59 Å². The third-order valence-electron chi connectivity index (χ3n) is 4.20. The van der Waals surface area contributed by atoms with E-state index < -0.39 is 17.9 Å². The van der Waals surface area contributed by atoms with Gasteiger partial charge in [0, 0.05) is 10.4 Å². The summed E-state index contributed by atoms with van der Waals surface area (Å²) >= 11 is 1.32. The number of nitrogens with zero attached hydrogens (tertiary/aromatic N) is 2. The summed E-state index contributed by atoms with van der Waals surface area (Å²) in [6.45, 7) is 3.74. The molecule has 162 valence electrons. The van der Waals surface area contributed by atoms with Gasteiger partial charge in [-0.2, -0.15) is 0 Å². The first-order valence-electron chi connectivity index (χ1n) is 9.74. The Labute approximate surface area is 183 Å². The minimum absolute atomic E-state index is 0.0953. The Morgan fingerprint density at radius 3 is 2.29 bits per heavy atom. The number of ether oxygens (including phenoxy) is 2. The second-order valence-electron chi connectivity index (χ2n) is 6.38. The molecule has 9 heteroatoms. The fraction of sp³-hybridized carbons (Fsp3) is 0.273. The fourth-order valence-electron chi connectivity index (χ4n) is 2.88. The van der Waals surface area contributed by atoms with Crippen molar-refractivity contribution in [3.63, 3.8) is 0 Å². The maximum absolute atomic E-state index is 12.2. The van der Waals surface area contributed by atoms with Crippen LogP contribution in [0.15, 0.2) is 53.2 Å². The number of anilines is 1. The molecule has 1 aromatic carbocycles. The lowest BCUT2D eigenvalue weighted by molar-refractivity contribution is -0.142. The highest BCUT2D eigenvalue weighted by molar-refractivity contribution is 7.17. The lowest BCUT2D eigenvalue weighted by Crippen LogP contribution is -2.35. The van der Waals surface area contributed by atoms with Gasteiger partial charge in [0.15, 0.2) is 0 Å². The highest BCUT2D eigenvalue weighted by atomic mass is 32.1. The summed E-state index contributed by atoms with van der Waals surface area (Å²) in [5.41, 5.74) is 1.56. The van der Waals surface area contributed by atoms with Gasteiger partial charge in [0.05, 0.1) is 23.8 Å². The minimum Gasteiger partial charge on any atom is -0.465 e. The molecular formula is C22H22N2O6S. The van der Waals surface area contributed by atoms with Gasteiger partial charge in [0.1, 0.15) is 18.8 Å². The lowest BCUT2D eigenvalue weighted by atomic mass is 10.0. The smallest absolute Gasteiger partial charge is 0.368 e. The van der Waals surface area contributed by atoms with Crippen molar-refractivity contribution in [1.29, 1.82) is 0 Å². The van der Waals surface area contributed by atoms with E-state index in [1.54, 1.807) is 37.0 Å². The quantitative estimate of drug-likeness (QED) is 0.335. The van der Waals surface area contributed by atoms with Crippen LogP contribution in [0.5, 0.6) is 0 Å². The van der Waals surface area contributed by atoms with Crippen LogP contribution in [-0.4, -0.2) is 49.9 Å². The number of hydrogen-bond acceptors (Lipinski definition) is 9. The average Bonchev–Trinajstić information content (AvgIpc) is 3.36. The normalized spacial score (nSPS) is 14.2. The van der Waals surface area contributed by atoms with Crippen LogP contribution < -0.4 is 4.90 Å². The Morgan fingerprint density at radius 1 is 1.03 bits per heavy atom. The summed E-state index contributed by atoms with van der Waals surface area (Å²) < 4.78 is 10.0. The van der Waals surface area contributed by atoms with E-state index in [0.29, 0.717) is 16.3 Å². The van der Waals surface area contributed by atoms with Gasteiger partial charge < -0.3 is 19.2 Å². The summed E-state index contributed by atoms with van der Waals surface area (Å²) in [5.74, 6) is -1.43. The molecule has 0 spiro atoms. The average molecular weight is 442 g/mol. The van der Waals surface area contributed by atoms with E-state index in [-0.39, 0.29) is 26.3 Å². The van der Waals surface area contributed by atoms with Crippen LogP contribution in [0.4, 0.5) is 5.00 Å².